The van der Waals surface area contributed by atoms with Gasteiger partial charge in [-0.15, -0.1) is 0 Å². The fourth-order valence-electron chi connectivity index (χ4n) is 1.65. The summed E-state index contributed by atoms with van der Waals surface area (Å²) in [6, 6.07) is 6.23. The van der Waals surface area contributed by atoms with Crippen LogP contribution in [0, 0.1) is 10.1 Å². The first-order valence-electron chi connectivity index (χ1n) is 5.45. The van der Waals surface area contributed by atoms with Crippen molar-refractivity contribution in [1.29, 1.82) is 0 Å². The zero-order chi connectivity index (χ0) is 13.8. The van der Waals surface area contributed by atoms with E-state index in [-0.39, 0.29) is 5.69 Å². The molecule has 1 aromatic rings. The second-order valence-electron chi connectivity index (χ2n) is 3.50. The molecule has 0 saturated heterocycles. The van der Waals surface area contributed by atoms with Crippen LogP contribution in [0.4, 0.5) is 5.69 Å². The van der Waals surface area contributed by atoms with E-state index < -0.39 is 15.4 Å². The van der Waals surface area contributed by atoms with Crippen molar-refractivity contribution in [3.63, 3.8) is 0 Å². The number of rotatable bonds is 4. The minimum absolute atomic E-state index is 0.0665. The predicted molar refractivity (Wildman–Crippen MR) is 73.4 cm³/mol. The molecule has 0 fully saturated rings. The zero-order valence-electron chi connectivity index (χ0n) is 10.0. The second-order valence-corrected chi connectivity index (χ2v) is 4.92. The number of nitro groups is 1. The lowest BCUT2D eigenvalue weighted by molar-refractivity contribution is -0.385. The maximum Gasteiger partial charge on any atom is 0.278 e. The van der Waals surface area contributed by atoms with Crippen molar-refractivity contribution in [1.82, 2.24) is 0 Å². The summed E-state index contributed by atoms with van der Waals surface area (Å²) < 4.78 is 5.39. The summed E-state index contributed by atoms with van der Waals surface area (Å²) in [7, 11) is -0.986. The topological polar surface area (TPSA) is 81.8 Å². The summed E-state index contributed by atoms with van der Waals surface area (Å²) in [6.45, 7) is 2.13. The van der Waals surface area contributed by atoms with Crippen LogP contribution in [0.1, 0.15) is 12.5 Å². The number of ether oxygens (including phenoxy) is 1. The van der Waals surface area contributed by atoms with Crippen LogP contribution in [0.5, 0.6) is 0 Å². The Morgan fingerprint density at radius 2 is 2.21 bits per heavy atom. The van der Waals surface area contributed by atoms with Gasteiger partial charge >= 0.3 is 0 Å². The average Bonchev–Trinajstić information content (AvgIpc) is 2.82. The number of nitrogens with zero attached hydrogens (tertiary/aromatic N) is 2. The van der Waals surface area contributed by atoms with Crippen LogP contribution in [-0.2, 0) is 9.53 Å². The summed E-state index contributed by atoms with van der Waals surface area (Å²) in [5, 5.41) is 13.2. The molecule has 0 radical (unpaired) electrons. The van der Waals surface area contributed by atoms with Gasteiger partial charge in [0, 0.05) is 16.6 Å². The van der Waals surface area contributed by atoms with E-state index in [1.165, 1.54) is 11.6 Å². The van der Waals surface area contributed by atoms with Crippen LogP contribution in [0.3, 0.4) is 0 Å². The maximum absolute atomic E-state index is 11.0. The van der Waals surface area contributed by atoms with Crippen molar-refractivity contribution in [3.8, 4) is 0 Å². The first-order valence-corrected chi connectivity index (χ1v) is 6.73. The maximum atomic E-state index is 11.0. The van der Waals surface area contributed by atoms with Gasteiger partial charge in [-0.2, -0.15) is 0 Å². The van der Waals surface area contributed by atoms with E-state index in [4.69, 9.17) is 4.74 Å². The molecule has 0 N–H and O–H groups in total. The van der Waals surface area contributed by atoms with Crippen LogP contribution >= 0.6 is 10.5 Å². The molecule has 98 valence electrons. The molecule has 1 heterocycles. The molecule has 7 heteroatoms. The Bertz CT molecular complexity index is 645. The number of carbonyl (C=O) groups excluding carboxylic acids is 1. The molecule has 1 aliphatic heterocycles. The van der Waals surface area contributed by atoms with E-state index in [9.17, 15) is 14.9 Å². The number of nitro benzene ring substituents is 1. The Hall–Kier alpha value is -2.24. The van der Waals surface area contributed by atoms with Crippen molar-refractivity contribution < 1.29 is 14.5 Å². The van der Waals surface area contributed by atoms with Crippen LogP contribution in [0.2, 0.25) is 0 Å². The quantitative estimate of drug-likeness (QED) is 0.481. The van der Waals surface area contributed by atoms with Crippen molar-refractivity contribution in [2.45, 2.75) is 6.92 Å². The van der Waals surface area contributed by atoms with Gasteiger partial charge in [-0.25, -0.2) is 9.79 Å². The first-order chi connectivity index (χ1) is 9.19. The van der Waals surface area contributed by atoms with Gasteiger partial charge in [-0.05, 0) is 13.0 Å². The molecular formula is C12H10N2O4S. The summed E-state index contributed by atoms with van der Waals surface area (Å²) in [5.41, 5.74) is 2.02. The number of aliphatic imine (C=N–C) groups is 1. The van der Waals surface area contributed by atoms with Crippen LogP contribution in [0.15, 0.2) is 34.3 Å². The summed E-state index contributed by atoms with van der Waals surface area (Å²) >= 11 is 0. The molecule has 0 aliphatic carbocycles. The Morgan fingerprint density at radius 1 is 1.47 bits per heavy atom. The van der Waals surface area contributed by atoms with Crippen LogP contribution in [0.25, 0.3) is 5.70 Å². The smallest absolute Gasteiger partial charge is 0.278 e. The molecule has 0 spiro atoms. The van der Waals surface area contributed by atoms with Gasteiger partial charge in [0.25, 0.3) is 5.69 Å². The second kappa shape index (κ2) is 5.60. The highest BCUT2D eigenvalue weighted by Crippen LogP contribution is 2.40. The molecule has 1 atom stereocenters. The van der Waals surface area contributed by atoms with Crippen molar-refractivity contribution in [2.24, 2.45) is 4.99 Å². The Labute approximate surface area is 111 Å². The third-order valence-corrected chi connectivity index (χ3v) is 3.61. The van der Waals surface area contributed by atoms with Gasteiger partial charge in [-0.1, -0.05) is 12.1 Å². The highest BCUT2D eigenvalue weighted by molar-refractivity contribution is 8.29. The standard InChI is InChI=1S/C12H10N2O4S/c1-2-18-12-11(13-7-19(12)8-15)9-5-3-4-6-10(9)14(16)17/h3-7H,2H2,1H3. The van der Waals surface area contributed by atoms with E-state index in [1.807, 2.05) is 5.23 Å². The predicted octanol–water partition coefficient (Wildman–Crippen LogP) is 2.64. The molecular weight excluding hydrogens is 268 g/mol. The monoisotopic (exact) mass is 278 g/mol. The molecule has 0 saturated carbocycles. The van der Waals surface area contributed by atoms with E-state index in [1.54, 1.807) is 25.1 Å². The molecule has 1 aliphatic rings. The van der Waals surface area contributed by atoms with E-state index in [0.717, 1.165) is 0 Å². The van der Waals surface area contributed by atoms with Crippen molar-refractivity contribution >= 4 is 32.6 Å². The van der Waals surface area contributed by atoms with Gasteiger partial charge in [0.05, 0.1) is 22.6 Å². The van der Waals surface area contributed by atoms with E-state index in [2.05, 4.69) is 4.99 Å². The molecule has 1 aromatic carbocycles. The average molecular weight is 278 g/mol. The van der Waals surface area contributed by atoms with E-state index in [0.29, 0.717) is 23.0 Å². The number of hydrogen-bond donors (Lipinski definition) is 0. The Kier molecular flexibility index (Phi) is 3.89. The molecule has 19 heavy (non-hydrogen) atoms. The van der Waals surface area contributed by atoms with Crippen molar-refractivity contribution in [3.05, 3.63) is 45.0 Å². The molecule has 6 nitrogen and oxygen atoms in total. The third kappa shape index (κ3) is 2.47. The summed E-state index contributed by atoms with van der Waals surface area (Å²) in [5.74, 6) is 0. The SMILES string of the molecule is CCOC1=C(c2ccccc2[N+](=O)[O-])N=CS1=C=O. The summed E-state index contributed by atoms with van der Waals surface area (Å²) in [4.78, 5) is 25.4. The lowest BCUT2D eigenvalue weighted by Gasteiger charge is -2.07. The number of benzene rings is 1. The number of para-hydroxylation sites is 1. The minimum Gasteiger partial charge on any atom is -0.485 e. The van der Waals surface area contributed by atoms with E-state index >= 15 is 0 Å². The van der Waals surface area contributed by atoms with Crippen LogP contribution in [-0.4, -0.2) is 22.3 Å². The van der Waals surface area contributed by atoms with Gasteiger partial charge in [0.1, 0.15) is 5.70 Å². The van der Waals surface area contributed by atoms with Gasteiger partial charge < -0.3 is 4.74 Å². The molecule has 0 bridgehead atoms. The Morgan fingerprint density at radius 3 is 2.84 bits per heavy atom. The lowest BCUT2D eigenvalue weighted by Crippen LogP contribution is -1.96. The minimum atomic E-state index is -0.986. The third-order valence-electron chi connectivity index (χ3n) is 2.40. The molecule has 2 rings (SSSR count). The Balaban J connectivity index is 2.63. The first kappa shape index (κ1) is 13.2. The highest BCUT2D eigenvalue weighted by Gasteiger charge is 2.25. The van der Waals surface area contributed by atoms with Crippen LogP contribution < -0.4 is 0 Å². The fourth-order valence-corrected chi connectivity index (χ4v) is 2.69. The molecule has 0 amide bonds. The lowest BCUT2D eigenvalue weighted by atomic mass is 10.1. The normalized spacial score (nSPS) is 17.4. The van der Waals surface area contributed by atoms with Gasteiger partial charge in [0.2, 0.25) is 0 Å². The van der Waals surface area contributed by atoms with Crippen molar-refractivity contribution in [2.75, 3.05) is 6.61 Å². The zero-order valence-corrected chi connectivity index (χ0v) is 10.8. The number of hydrogen-bond acceptors (Lipinski definition) is 5. The summed E-state index contributed by atoms with van der Waals surface area (Å²) in [6.07, 6.45) is 0. The largest absolute Gasteiger partial charge is 0.485 e. The fraction of sp³-hybridized carbons (Fsp3) is 0.167. The molecule has 0 aromatic heterocycles. The van der Waals surface area contributed by atoms with Gasteiger partial charge in [-0.3, -0.25) is 10.1 Å². The molecule has 1 unspecified atom stereocenters. The highest BCUT2D eigenvalue weighted by atomic mass is 32.2. The van der Waals surface area contributed by atoms with Gasteiger partial charge in [0.15, 0.2) is 10.3 Å².